The van der Waals surface area contributed by atoms with Gasteiger partial charge in [-0.05, 0) is 17.8 Å². The fraction of sp³-hybridized carbons (Fsp3) is 0.571. The summed E-state index contributed by atoms with van der Waals surface area (Å²) in [5, 5.41) is 0. The minimum atomic E-state index is -0.108. The lowest BCUT2D eigenvalue weighted by Gasteiger charge is -1.95. The van der Waals surface area contributed by atoms with E-state index < -0.39 is 0 Å². The smallest absolute Gasteiger partial charge is 0.309 e. The lowest BCUT2D eigenvalue weighted by Crippen LogP contribution is -2.01. The van der Waals surface area contributed by atoms with E-state index in [9.17, 15) is 4.79 Å². The molecule has 0 unspecified atom stereocenters. The fourth-order valence-electron chi connectivity index (χ4n) is 0.903. The van der Waals surface area contributed by atoms with Crippen LogP contribution >= 0.6 is 15.9 Å². The van der Waals surface area contributed by atoms with Crippen molar-refractivity contribution in [2.45, 2.75) is 19.3 Å². The predicted octanol–water partition coefficient (Wildman–Crippen LogP) is 1.99. The third-order valence-corrected chi connectivity index (χ3v) is 2.08. The normalized spacial score (nSPS) is 24.1. The standard InChI is InChI=1S/C7H9BrO2/c8-5-6-2-1-3-10-7(9)4-6/h5H,1-4H2/b6-5+. The first-order valence-electron chi connectivity index (χ1n) is 3.26. The molecule has 0 atom stereocenters. The summed E-state index contributed by atoms with van der Waals surface area (Å²) in [6.45, 7) is 0.573. The molecule has 0 bridgehead atoms. The molecule has 56 valence electrons. The Bertz CT molecular complexity index is 163. The summed E-state index contributed by atoms with van der Waals surface area (Å²) < 4.78 is 4.83. The Kier molecular flexibility index (Phi) is 2.93. The zero-order valence-corrected chi connectivity index (χ0v) is 7.19. The number of halogens is 1. The second-order valence-electron chi connectivity index (χ2n) is 2.27. The first-order chi connectivity index (χ1) is 4.83. The van der Waals surface area contributed by atoms with Gasteiger partial charge in [-0.3, -0.25) is 4.79 Å². The lowest BCUT2D eigenvalue weighted by atomic mass is 10.1. The van der Waals surface area contributed by atoms with Crippen molar-refractivity contribution in [1.29, 1.82) is 0 Å². The SMILES string of the molecule is O=C1C/C(=C/Br)CCCO1. The van der Waals surface area contributed by atoms with Crippen LogP contribution in [0.5, 0.6) is 0 Å². The van der Waals surface area contributed by atoms with Gasteiger partial charge >= 0.3 is 5.97 Å². The molecule has 1 aliphatic rings. The van der Waals surface area contributed by atoms with Gasteiger partial charge in [-0.25, -0.2) is 0 Å². The minimum Gasteiger partial charge on any atom is -0.465 e. The molecule has 3 heteroatoms. The number of ether oxygens (including phenoxy) is 1. The van der Waals surface area contributed by atoms with Gasteiger partial charge in [0.2, 0.25) is 0 Å². The average molecular weight is 205 g/mol. The summed E-state index contributed by atoms with van der Waals surface area (Å²) in [5.74, 6) is -0.108. The number of hydrogen-bond donors (Lipinski definition) is 0. The highest BCUT2D eigenvalue weighted by Crippen LogP contribution is 2.16. The first kappa shape index (κ1) is 7.79. The third kappa shape index (κ3) is 2.14. The highest BCUT2D eigenvalue weighted by atomic mass is 79.9. The van der Waals surface area contributed by atoms with Gasteiger partial charge < -0.3 is 4.74 Å². The lowest BCUT2D eigenvalue weighted by molar-refractivity contribution is -0.142. The molecule has 0 aromatic rings. The molecule has 0 N–H and O–H groups in total. The van der Waals surface area contributed by atoms with Crippen molar-refractivity contribution in [3.05, 3.63) is 10.6 Å². The van der Waals surface area contributed by atoms with E-state index in [1.807, 2.05) is 4.99 Å². The Morgan fingerprint density at radius 3 is 3.10 bits per heavy atom. The van der Waals surface area contributed by atoms with Crippen molar-refractivity contribution in [3.63, 3.8) is 0 Å². The number of hydrogen-bond acceptors (Lipinski definition) is 2. The third-order valence-electron chi connectivity index (χ3n) is 1.43. The van der Waals surface area contributed by atoms with Crippen LogP contribution in [0.25, 0.3) is 0 Å². The van der Waals surface area contributed by atoms with Gasteiger partial charge in [0.15, 0.2) is 0 Å². The molecule has 2 nitrogen and oxygen atoms in total. The maximum absolute atomic E-state index is 10.8. The van der Waals surface area contributed by atoms with E-state index in [2.05, 4.69) is 15.9 Å². The monoisotopic (exact) mass is 204 g/mol. The highest BCUT2D eigenvalue weighted by Gasteiger charge is 2.10. The van der Waals surface area contributed by atoms with Crippen LogP contribution in [0.4, 0.5) is 0 Å². The zero-order valence-electron chi connectivity index (χ0n) is 5.60. The van der Waals surface area contributed by atoms with E-state index in [1.54, 1.807) is 0 Å². The molecule has 0 amide bonds. The summed E-state index contributed by atoms with van der Waals surface area (Å²) in [6, 6.07) is 0. The van der Waals surface area contributed by atoms with Gasteiger partial charge in [0.1, 0.15) is 0 Å². The van der Waals surface area contributed by atoms with Crippen molar-refractivity contribution < 1.29 is 9.53 Å². The summed E-state index contributed by atoms with van der Waals surface area (Å²) in [6.07, 6.45) is 2.37. The van der Waals surface area contributed by atoms with Crippen LogP contribution in [-0.2, 0) is 9.53 Å². The molecular formula is C7H9BrO2. The van der Waals surface area contributed by atoms with Crippen LogP contribution in [0.15, 0.2) is 10.6 Å². The van der Waals surface area contributed by atoms with Gasteiger partial charge in [-0.15, -0.1) is 0 Å². The Morgan fingerprint density at radius 2 is 2.40 bits per heavy atom. The molecule has 0 saturated carbocycles. The molecule has 1 saturated heterocycles. The Balaban J connectivity index is 2.54. The van der Waals surface area contributed by atoms with Crippen LogP contribution in [0.3, 0.4) is 0 Å². The molecule has 0 aromatic heterocycles. The van der Waals surface area contributed by atoms with Crippen LogP contribution in [0, 0.1) is 0 Å². The number of esters is 1. The summed E-state index contributed by atoms with van der Waals surface area (Å²) in [5.41, 5.74) is 1.13. The molecule has 0 spiro atoms. The topological polar surface area (TPSA) is 26.3 Å². The van der Waals surface area contributed by atoms with E-state index in [-0.39, 0.29) is 5.97 Å². The maximum atomic E-state index is 10.8. The Labute approximate surface area is 68.4 Å². The largest absolute Gasteiger partial charge is 0.465 e. The van der Waals surface area contributed by atoms with Crippen molar-refractivity contribution in [2.24, 2.45) is 0 Å². The zero-order chi connectivity index (χ0) is 7.40. The molecule has 0 aromatic carbocycles. The molecule has 0 aliphatic carbocycles. The van der Waals surface area contributed by atoms with Gasteiger partial charge in [0, 0.05) is 0 Å². The molecule has 1 aliphatic heterocycles. The van der Waals surface area contributed by atoms with E-state index >= 15 is 0 Å². The van der Waals surface area contributed by atoms with Gasteiger partial charge in [0.25, 0.3) is 0 Å². The molecule has 1 fully saturated rings. The van der Waals surface area contributed by atoms with E-state index in [1.165, 1.54) is 0 Å². The molecule has 0 radical (unpaired) electrons. The number of carbonyl (C=O) groups is 1. The van der Waals surface area contributed by atoms with E-state index in [4.69, 9.17) is 4.74 Å². The molecular weight excluding hydrogens is 196 g/mol. The summed E-state index contributed by atoms with van der Waals surface area (Å²) in [4.78, 5) is 12.6. The van der Waals surface area contributed by atoms with Crippen LogP contribution in [0.1, 0.15) is 19.3 Å². The van der Waals surface area contributed by atoms with Crippen molar-refractivity contribution in [2.75, 3.05) is 6.61 Å². The Morgan fingerprint density at radius 1 is 1.60 bits per heavy atom. The van der Waals surface area contributed by atoms with Gasteiger partial charge in [0.05, 0.1) is 13.0 Å². The number of carbonyl (C=O) groups excluding carboxylic acids is 1. The minimum absolute atomic E-state index is 0.108. The van der Waals surface area contributed by atoms with Crippen molar-refractivity contribution >= 4 is 21.9 Å². The highest BCUT2D eigenvalue weighted by molar-refractivity contribution is 9.11. The van der Waals surface area contributed by atoms with Crippen LogP contribution < -0.4 is 0 Å². The summed E-state index contributed by atoms with van der Waals surface area (Å²) in [7, 11) is 0. The number of cyclic esters (lactones) is 1. The average Bonchev–Trinajstić information content (AvgIpc) is 2.13. The van der Waals surface area contributed by atoms with Crippen molar-refractivity contribution in [3.8, 4) is 0 Å². The number of rotatable bonds is 0. The second kappa shape index (κ2) is 3.76. The fourth-order valence-corrected chi connectivity index (χ4v) is 1.29. The van der Waals surface area contributed by atoms with Gasteiger partial charge in [-0.1, -0.05) is 21.5 Å². The van der Waals surface area contributed by atoms with Crippen LogP contribution in [0.2, 0.25) is 0 Å². The molecule has 10 heavy (non-hydrogen) atoms. The Hall–Kier alpha value is -0.310. The van der Waals surface area contributed by atoms with Crippen LogP contribution in [-0.4, -0.2) is 12.6 Å². The van der Waals surface area contributed by atoms with E-state index in [0.29, 0.717) is 13.0 Å². The molecule has 1 heterocycles. The van der Waals surface area contributed by atoms with Gasteiger partial charge in [-0.2, -0.15) is 0 Å². The quantitative estimate of drug-likeness (QED) is 0.565. The van der Waals surface area contributed by atoms with E-state index in [0.717, 1.165) is 18.4 Å². The maximum Gasteiger partial charge on any atom is 0.309 e. The van der Waals surface area contributed by atoms with Crippen molar-refractivity contribution in [1.82, 2.24) is 0 Å². The predicted molar refractivity (Wildman–Crippen MR) is 41.8 cm³/mol. The molecule has 1 rings (SSSR count). The first-order valence-corrected chi connectivity index (χ1v) is 4.18. The second-order valence-corrected chi connectivity index (χ2v) is 2.73. The summed E-state index contributed by atoms with van der Waals surface area (Å²) >= 11 is 3.20.